The van der Waals surface area contributed by atoms with Gasteiger partial charge in [0.25, 0.3) is 0 Å². The summed E-state index contributed by atoms with van der Waals surface area (Å²) in [5, 5.41) is 0.534. The van der Waals surface area contributed by atoms with E-state index in [-0.39, 0.29) is 27.6 Å². The number of amides is 1. The van der Waals surface area contributed by atoms with Gasteiger partial charge in [-0.3, -0.25) is 4.79 Å². The van der Waals surface area contributed by atoms with Crippen molar-refractivity contribution in [2.75, 3.05) is 51.7 Å². The van der Waals surface area contributed by atoms with Gasteiger partial charge in [-0.05, 0) is 26.2 Å². The van der Waals surface area contributed by atoms with Crippen LogP contribution in [0, 0.1) is 11.6 Å². The van der Waals surface area contributed by atoms with Crippen LogP contribution in [0.3, 0.4) is 0 Å². The smallest absolute Gasteiger partial charge is 0.246 e. The van der Waals surface area contributed by atoms with E-state index in [1.807, 2.05) is 30.0 Å². The minimum absolute atomic E-state index is 0.0214. The summed E-state index contributed by atoms with van der Waals surface area (Å²) >= 11 is 6.42. The van der Waals surface area contributed by atoms with Crippen molar-refractivity contribution < 1.29 is 13.6 Å². The molecule has 1 aromatic heterocycles. The predicted molar refractivity (Wildman–Crippen MR) is 126 cm³/mol. The molecule has 0 unspecified atom stereocenters. The minimum atomic E-state index is -0.689. The van der Waals surface area contributed by atoms with Crippen LogP contribution in [0.25, 0.3) is 22.0 Å². The standard InChI is InChI=1S/C24H24ClF2N5O/c1-30(2)9-5-8-20(33)31-10-12-32(13-11-31)24-17-14-18(25)21(16-6-3-4-7-19(16)26)22(27)23(17)28-15-29-24/h3-8,14-15H,9-13H2,1-2H3/b8-5+. The van der Waals surface area contributed by atoms with E-state index in [1.165, 1.54) is 24.5 Å². The molecule has 0 aliphatic carbocycles. The van der Waals surface area contributed by atoms with Gasteiger partial charge in [0.2, 0.25) is 5.91 Å². The molecule has 2 aromatic carbocycles. The first kappa shape index (κ1) is 23.1. The molecule has 4 rings (SSSR count). The Labute approximate surface area is 196 Å². The van der Waals surface area contributed by atoms with Gasteiger partial charge >= 0.3 is 0 Å². The number of benzene rings is 2. The summed E-state index contributed by atoms with van der Waals surface area (Å²) in [5.74, 6) is -0.748. The Morgan fingerprint density at radius 3 is 2.58 bits per heavy atom. The van der Waals surface area contributed by atoms with Crippen molar-refractivity contribution in [1.82, 2.24) is 19.8 Å². The molecule has 0 spiro atoms. The van der Waals surface area contributed by atoms with Crippen LogP contribution in [0.2, 0.25) is 5.02 Å². The fourth-order valence-corrected chi connectivity index (χ4v) is 4.18. The van der Waals surface area contributed by atoms with Crippen molar-refractivity contribution in [3.05, 3.63) is 65.5 Å². The maximum absolute atomic E-state index is 15.5. The lowest BCUT2D eigenvalue weighted by Gasteiger charge is -2.35. The highest BCUT2D eigenvalue weighted by molar-refractivity contribution is 6.34. The monoisotopic (exact) mass is 471 g/mol. The van der Waals surface area contributed by atoms with E-state index < -0.39 is 11.6 Å². The normalized spacial score (nSPS) is 14.6. The van der Waals surface area contributed by atoms with E-state index in [2.05, 4.69) is 9.97 Å². The molecule has 1 fully saturated rings. The Bertz CT molecular complexity index is 1210. The number of likely N-dealkylation sites (N-methyl/N-ethyl adjacent to an activating group) is 1. The molecule has 1 saturated heterocycles. The van der Waals surface area contributed by atoms with Gasteiger partial charge in [-0.15, -0.1) is 0 Å². The van der Waals surface area contributed by atoms with Crippen LogP contribution >= 0.6 is 11.6 Å². The molecule has 1 aliphatic rings. The third-order valence-corrected chi connectivity index (χ3v) is 5.86. The van der Waals surface area contributed by atoms with Crippen LogP contribution in [0.5, 0.6) is 0 Å². The number of aromatic nitrogens is 2. The molecule has 9 heteroatoms. The van der Waals surface area contributed by atoms with Crippen LogP contribution in [0.1, 0.15) is 0 Å². The zero-order chi connectivity index (χ0) is 23.5. The van der Waals surface area contributed by atoms with Crippen LogP contribution in [-0.4, -0.2) is 72.5 Å². The topological polar surface area (TPSA) is 52.6 Å². The van der Waals surface area contributed by atoms with Gasteiger partial charge < -0.3 is 14.7 Å². The second-order valence-corrected chi connectivity index (χ2v) is 8.50. The van der Waals surface area contributed by atoms with Crippen molar-refractivity contribution >= 4 is 34.2 Å². The van der Waals surface area contributed by atoms with Crippen LogP contribution in [-0.2, 0) is 4.79 Å². The fourth-order valence-electron chi connectivity index (χ4n) is 3.89. The van der Waals surface area contributed by atoms with Crippen LogP contribution < -0.4 is 4.90 Å². The molecule has 0 radical (unpaired) electrons. The lowest BCUT2D eigenvalue weighted by Crippen LogP contribution is -2.48. The number of hydrogen-bond acceptors (Lipinski definition) is 5. The largest absolute Gasteiger partial charge is 0.352 e. The van der Waals surface area contributed by atoms with Crippen LogP contribution in [0.15, 0.2) is 48.8 Å². The number of piperazine rings is 1. The molecule has 2 heterocycles. The lowest BCUT2D eigenvalue weighted by molar-refractivity contribution is -0.126. The molecule has 33 heavy (non-hydrogen) atoms. The highest BCUT2D eigenvalue weighted by atomic mass is 35.5. The lowest BCUT2D eigenvalue weighted by atomic mass is 10.0. The summed E-state index contributed by atoms with van der Waals surface area (Å²) in [6.07, 6.45) is 4.72. The van der Waals surface area contributed by atoms with E-state index in [9.17, 15) is 9.18 Å². The quantitative estimate of drug-likeness (QED) is 0.527. The zero-order valence-corrected chi connectivity index (χ0v) is 19.2. The van der Waals surface area contributed by atoms with E-state index in [0.717, 1.165) is 0 Å². The summed E-state index contributed by atoms with van der Waals surface area (Å²) < 4.78 is 29.8. The fraction of sp³-hybridized carbons (Fsp3) is 0.292. The molecular weight excluding hydrogens is 448 g/mol. The number of anilines is 1. The van der Waals surface area contributed by atoms with E-state index in [4.69, 9.17) is 11.6 Å². The van der Waals surface area contributed by atoms with Crippen molar-refractivity contribution in [3.8, 4) is 11.1 Å². The number of hydrogen-bond donors (Lipinski definition) is 0. The molecule has 0 atom stereocenters. The summed E-state index contributed by atoms with van der Waals surface area (Å²) in [4.78, 5) is 26.6. The van der Waals surface area contributed by atoms with Gasteiger partial charge in [0.15, 0.2) is 5.82 Å². The second-order valence-electron chi connectivity index (χ2n) is 8.10. The highest BCUT2D eigenvalue weighted by Gasteiger charge is 2.25. The first-order valence-electron chi connectivity index (χ1n) is 10.6. The summed E-state index contributed by atoms with van der Waals surface area (Å²) in [6.45, 7) is 2.79. The maximum Gasteiger partial charge on any atom is 0.246 e. The number of fused-ring (bicyclic) bond motifs is 1. The molecule has 3 aromatic rings. The molecule has 1 amide bonds. The third-order valence-electron chi connectivity index (χ3n) is 5.57. The number of nitrogens with zero attached hydrogens (tertiary/aromatic N) is 5. The number of halogens is 3. The van der Waals surface area contributed by atoms with Crippen molar-refractivity contribution in [2.45, 2.75) is 0 Å². The van der Waals surface area contributed by atoms with Crippen molar-refractivity contribution in [1.29, 1.82) is 0 Å². The highest BCUT2D eigenvalue weighted by Crippen LogP contribution is 2.38. The Morgan fingerprint density at radius 1 is 1.15 bits per heavy atom. The van der Waals surface area contributed by atoms with Gasteiger partial charge in [0.05, 0.1) is 5.02 Å². The van der Waals surface area contributed by atoms with E-state index in [1.54, 1.807) is 23.1 Å². The summed E-state index contributed by atoms with van der Waals surface area (Å²) in [5.41, 5.74) is 0.135. The van der Waals surface area contributed by atoms with Crippen molar-refractivity contribution in [3.63, 3.8) is 0 Å². The molecule has 1 aliphatic heterocycles. The Morgan fingerprint density at radius 2 is 1.88 bits per heavy atom. The number of carbonyl (C=O) groups is 1. The predicted octanol–water partition coefficient (Wildman–Crippen LogP) is 3.99. The number of rotatable bonds is 5. The molecule has 6 nitrogen and oxygen atoms in total. The van der Waals surface area contributed by atoms with E-state index in [0.29, 0.717) is 43.9 Å². The summed E-state index contributed by atoms with van der Waals surface area (Å²) in [6, 6.07) is 7.49. The third kappa shape index (κ3) is 4.82. The first-order chi connectivity index (χ1) is 15.9. The molecule has 0 N–H and O–H groups in total. The molecular formula is C24H24ClF2N5O. The maximum atomic E-state index is 15.5. The van der Waals surface area contributed by atoms with E-state index >= 15 is 4.39 Å². The van der Waals surface area contributed by atoms with Gasteiger partial charge in [-0.2, -0.15) is 0 Å². The Kier molecular flexibility index (Phi) is 6.85. The van der Waals surface area contributed by atoms with Gasteiger partial charge in [-0.1, -0.05) is 35.9 Å². The molecule has 172 valence electrons. The average molecular weight is 472 g/mol. The minimum Gasteiger partial charge on any atom is -0.352 e. The van der Waals surface area contributed by atoms with Gasteiger partial charge in [-0.25, -0.2) is 18.7 Å². The van der Waals surface area contributed by atoms with Gasteiger partial charge in [0.1, 0.15) is 23.5 Å². The second kappa shape index (κ2) is 9.80. The van der Waals surface area contributed by atoms with Crippen molar-refractivity contribution in [2.24, 2.45) is 0 Å². The SMILES string of the molecule is CN(C)C/C=C/C(=O)N1CCN(c2ncnc3c(F)c(-c4ccccc4F)c(Cl)cc23)CC1. The molecule has 0 saturated carbocycles. The molecule has 0 bridgehead atoms. The zero-order valence-electron chi connectivity index (χ0n) is 18.4. The first-order valence-corrected chi connectivity index (χ1v) is 11.0. The van der Waals surface area contributed by atoms with Gasteiger partial charge in [0, 0.05) is 55.3 Å². The Balaban J connectivity index is 1.60. The Hall–Kier alpha value is -3.10. The average Bonchev–Trinajstić information content (AvgIpc) is 2.80. The van der Waals surface area contributed by atoms with Crippen LogP contribution in [0.4, 0.5) is 14.6 Å². The number of carbonyl (C=O) groups excluding carboxylic acids is 1. The summed E-state index contributed by atoms with van der Waals surface area (Å²) in [7, 11) is 3.88.